The Bertz CT molecular complexity index is 371. The van der Waals surface area contributed by atoms with Crippen molar-refractivity contribution in [3.8, 4) is 11.5 Å². The van der Waals surface area contributed by atoms with E-state index in [1.807, 2.05) is 25.1 Å². The van der Waals surface area contributed by atoms with Crippen molar-refractivity contribution >= 4 is 0 Å². The maximum absolute atomic E-state index is 5.49. The number of rotatable bonds is 11. The molecule has 0 spiro atoms. The molecule has 0 saturated carbocycles. The molecule has 1 N–H and O–H groups in total. The maximum Gasteiger partial charge on any atom is 0.161 e. The monoisotopic (exact) mass is 283 g/mol. The van der Waals surface area contributed by atoms with E-state index < -0.39 is 0 Å². The van der Waals surface area contributed by atoms with Crippen LogP contribution < -0.4 is 14.8 Å². The van der Waals surface area contributed by atoms with E-state index >= 15 is 0 Å². The summed E-state index contributed by atoms with van der Waals surface area (Å²) in [5.74, 6) is 1.55. The van der Waals surface area contributed by atoms with Crippen molar-refractivity contribution in [3.63, 3.8) is 0 Å². The van der Waals surface area contributed by atoms with E-state index in [4.69, 9.17) is 18.9 Å². The number of methoxy groups -OCH3 is 2. The van der Waals surface area contributed by atoms with Gasteiger partial charge in [0.1, 0.15) is 0 Å². The molecular formula is C15H25NO4. The van der Waals surface area contributed by atoms with Gasteiger partial charge in [0.05, 0.1) is 33.5 Å². The van der Waals surface area contributed by atoms with E-state index in [9.17, 15) is 0 Å². The lowest BCUT2D eigenvalue weighted by molar-refractivity contribution is 0.0719. The van der Waals surface area contributed by atoms with Crippen molar-refractivity contribution in [1.29, 1.82) is 0 Å². The fourth-order valence-corrected chi connectivity index (χ4v) is 1.72. The van der Waals surface area contributed by atoms with Gasteiger partial charge in [0.15, 0.2) is 11.5 Å². The summed E-state index contributed by atoms with van der Waals surface area (Å²) < 4.78 is 21.1. The second kappa shape index (κ2) is 10.5. The molecule has 0 heterocycles. The van der Waals surface area contributed by atoms with E-state index in [1.165, 1.54) is 0 Å². The lowest BCUT2D eigenvalue weighted by Gasteiger charge is -2.11. The Morgan fingerprint density at radius 2 is 1.90 bits per heavy atom. The molecule has 1 aromatic rings. The Morgan fingerprint density at radius 3 is 2.60 bits per heavy atom. The summed E-state index contributed by atoms with van der Waals surface area (Å²) in [5, 5.41) is 3.32. The smallest absolute Gasteiger partial charge is 0.161 e. The van der Waals surface area contributed by atoms with E-state index in [-0.39, 0.29) is 0 Å². The molecule has 0 radical (unpaired) electrons. The normalized spacial score (nSPS) is 10.6. The summed E-state index contributed by atoms with van der Waals surface area (Å²) in [7, 11) is 3.32. The van der Waals surface area contributed by atoms with E-state index in [1.54, 1.807) is 14.2 Å². The molecule has 0 aromatic heterocycles. The Morgan fingerprint density at radius 1 is 1.05 bits per heavy atom. The first-order valence-corrected chi connectivity index (χ1v) is 6.89. The van der Waals surface area contributed by atoms with Gasteiger partial charge in [-0.3, -0.25) is 0 Å². The number of ether oxygens (including phenoxy) is 4. The highest BCUT2D eigenvalue weighted by Gasteiger charge is 2.04. The van der Waals surface area contributed by atoms with Gasteiger partial charge in [-0.1, -0.05) is 6.07 Å². The molecule has 0 unspecified atom stereocenters. The molecule has 5 heteroatoms. The molecule has 5 nitrogen and oxygen atoms in total. The minimum absolute atomic E-state index is 0.632. The predicted octanol–water partition coefficient (Wildman–Crippen LogP) is 1.85. The molecule has 1 aromatic carbocycles. The van der Waals surface area contributed by atoms with Gasteiger partial charge >= 0.3 is 0 Å². The molecule has 114 valence electrons. The minimum Gasteiger partial charge on any atom is -0.493 e. The third-order valence-corrected chi connectivity index (χ3v) is 2.71. The van der Waals surface area contributed by atoms with E-state index in [2.05, 4.69) is 5.32 Å². The summed E-state index contributed by atoms with van der Waals surface area (Å²) in [6.45, 7) is 6.11. The SMILES string of the molecule is CCOc1ccc(CNCCOCCOC)cc1OC. The second-order valence-electron chi connectivity index (χ2n) is 4.20. The fourth-order valence-electron chi connectivity index (χ4n) is 1.72. The van der Waals surface area contributed by atoms with Crippen LogP contribution in [-0.4, -0.2) is 47.2 Å². The van der Waals surface area contributed by atoms with E-state index in [0.717, 1.165) is 30.2 Å². The van der Waals surface area contributed by atoms with Crippen LogP contribution >= 0.6 is 0 Å². The van der Waals surface area contributed by atoms with Crippen LogP contribution in [0, 0.1) is 0 Å². The predicted molar refractivity (Wildman–Crippen MR) is 78.6 cm³/mol. The van der Waals surface area contributed by atoms with Crippen LogP contribution in [0.2, 0.25) is 0 Å². The van der Waals surface area contributed by atoms with Gasteiger partial charge in [0.2, 0.25) is 0 Å². The lowest BCUT2D eigenvalue weighted by atomic mass is 10.2. The molecule has 0 saturated heterocycles. The minimum atomic E-state index is 0.632. The molecule has 0 fully saturated rings. The van der Waals surface area contributed by atoms with Crippen molar-refractivity contribution in [2.75, 3.05) is 47.2 Å². The fraction of sp³-hybridized carbons (Fsp3) is 0.600. The van der Waals surface area contributed by atoms with Gasteiger partial charge in [0.25, 0.3) is 0 Å². The van der Waals surface area contributed by atoms with Crippen LogP contribution in [-0.2, 0) is 16.0 Å². The van der Waals surface area contributed by atoms with Crippen LogP contribution in [0.25, 0.3) is 0 Å². The Labute approximate surface area is 121 Å². The van der Waals surface area contributed by atoms with Crippen LogP contribution in [0.3, 0.4) is 0 Å². The van der Waals surface area contributed by atoms with Crippen molar-refractivity contribution < 1.29 is 18.9 Å². The summed E-state index contributed by atoms with van der Waals surface area (Å²) >= 11 is 0. The highest BCUT2D eigenvalue weighted by molar-refractivity contribution is 5.42. The first-order chi connectivity index (χ1) is 9.81. The summed E-state index contributed by atoms with van der Waals surface area (Å²) in [4.78, 5) is 0. The topological polar surface area (TPSA) is 49.0 Å². The molecule has 0 aliphatic carbocycles. The van der Waals surface area contributed by atoms with Crippen LogP contribution in [0.15, 0.2) is 18.2 Å². The Balaban J connectivity index is 2.29. The Hall–Kier alpha value is -1.30. The molecule has 20 heavy (non-hydrogen) atoms. The van der Waals surface area contributed by atoms with Crippen molar-refractivity contribution in [1.82, 2.24) is 5.32 Å². The maximum atomic E-state index is 5.49. The average molecular weight is 283 g/mol. The Kier molecular flexibility index (Phi) is 8.78. The number of nitrogens with one attached hydrogen (secondary N) is 1. The first kappa shape index (κ1) is 16.8. The molecule has 0 aliphatic heterocycles. The summed E-state index contributed by atoms with van der Waals surface area (Å²) in [6, 6.07) is 5.96. The van der Waals surface area contributed by atoms with Crippen LogP contribution in [0.1, 0.15) is 12.5 Å². The third kappa shape index (κ3) is 6.23. The molecule has 0 amide bonds. The number of hydrogen-bond acceptors (Lipinski definition) is 5. The first-order valence-electron chi connectivity index (χ1n) is 6.89. The highest BCUT2D eigenvalue weighted by atomic mass is 16.5. The number of benzene rings is 1. The highest BCUT2D eigenvalue weighted by Crippen LogP contribution is 2.27. The van der Waals surface area contributed by atoms with Crippen molar-refractivity contribution in [2.24, 2.45) is 0 Å². The van der Waals surface area contributed by atoms with Crippen molar-refractivity contribution in [3.05, 3.63) is 23.8 Å². The van der Waals surface area contributed by atoms with Gasteiger partial charge in [-0.05, 0) is 24.6 Å². The molecule has 1 rings (SSSR count). The zero-order valence-corrected chi connectivity index (χ0v) is 12.6. The van der Waals surface area contributed by atoms with Gasteiger partial charge < -0.3 is 24.3 Å². The lowest BCUT2D eigenvalue weighted by Crippen LogP contribution is -2.20. The van der Waals surface area contributed by atoms with Gasteiger partial charge in [-0.15, -0.1) is 0 Å². The zero-order valence-electron chi connectivity index (χ0n) is 12.6. The number of hydrogen-bond donors (Lipinski definition) is 1. The summed E-state index contributed by atoms with van der Waals surface area (Å²) in [5.41, 5.74) is 1.15. The quantitative estimate of drug-likeness (QED) is 0.628. The van der Waals surface area contributed by atoms with Gasteiger partial charge in [-0.2, -0.15) is 0 Å². The molecular weight excluding hydrogens is 258 g/mol. The molecule has 0 aliphatic rings. The third-order valence-electron chi connectivity index (χ3n) is 2.71. The largest absolute Gasteiger partial charge is 0.493 e. The molecule has 0 bridgehead atoms. The average Bonchev–Trinajstić information content (AvgIpc) is 2.48. The van der Waals surface area contributed by atoms with E-state index in [0.29, 0.717) is 26.4 Å². The van der Waals surface area contributed by atoms with Gasteiger partial charge in [0, 0.05) is 20.2 Å². The van der Waals surface area contributed by atoms with Crippen LogP contribution in [0.5, 0.6) is 11.5 Å². The molecule has 0 atom stereocenters. The van der Waals surface area contributed by atoms with Crippen molar-refractivity contribution in [2.45, 2.75) is 13.5 Å². The summed E-state index contributed by atoms with van der Waals surface area (Å²) in [6.07, 6.45) is 0. The second-order valence-corrected chi connectivity index (χ2v) is 4.20. The zero-order chi connectivity index (χ0) is 14.6. The van der Waals surface area contributed by atoms with Crippen LogP contribution in [0.4, 0.5) is 0 Å². The van der Waals surface area contributed by atoms with Gasteiger partial charge in [-0.25, -0.2) is 0 Å². The standard InChI is InChI=1S/C15H25NO4/c1-4-20-14-6-5-13(11-15(14)18-3)12-16-7-8-19-10-9-17-2/h5-6,11,16H,4,7-10,12H2,1-3H3.